The van der Waals surface area contributed by atoms with Crippen molar-refractivity contribution in [1.29, 1.82) is 0 Å². The fourth-order valence-corrected chi connectivity index (χ4v) is 3.05. The summed E-state index contributed by atoms with van der Waals surface area (Å²) in [7, 11) is 0. The Morgan fingerprint density at radius 3 is 2.16 bits per heavy atom. The molecular formula is C16H8BrClF2N2O3. The Morgan fingerprint density at radius 1 is 1.04 bits per heavy atom. The number of benzene rings is 2. The lowest BCUT2D eigenvalue weighted by molar-refractivity contribution is -0.117. The quantitative estimate of drug-likeness (QED) is 0.413. The predicted molar refractivity (Wildman–Crippen MR) is 89.6 cm³/mol. The topological polar surface area (TPSA) is 57.7 Å². The van der Waals surface area contributed by atoms with Crippen molar-refractivity contribution in [2.75, 3.05) is 4.90 Å². The van der Waals surface area contributed by atoms with Crippen LogP contribution in [-0.4, -0.2) is 27.7 Å². The Bertz CT molecular complexity index is 871. The second-order valence-electron chi connectivity index (χ2n) is 5.04. The highest BCUT2D eigenvalue weighted by molar-refractivity contribution is 9.10. The van der Waals surface area contributed by atoms with Crippen molar-refractivity contribution < 1.29 is 23.2 Å². The molecule has 2 aromatic rings. The van der Waals surface area contributed by atoms with Crippen LogP contribution in [0.15, 0.2) is 42.5 Å². The maximum absolute atomic E-state index is 13.8. The molecule has 9 heteroatoms. The number of alkyl halides is 1. The van der Waals surface area contributed by atoms with Gasteiger partial charge in [-0.25, -0.2) is 23.4 Å². The third kappa shape index (κ3) is 2.91. The van der Waals surface area contributed by atoms with Gasteiger partial charge in [-0.3, -0.25) is 9.59 Å². The SMILES string of the molecule is O=C1C(Br)N(C(=O)c2c(F)cccc2F)C(=O)N1c1ccc(Cl)cc1. The number of nitrogens with zero attached hydrogens (tertiary/aromatic N) is 2. The van der Waals surface area contributed by atoms with E-state index in [-0.39, 0.29) is 5.69 Å². The lowest BCUT2D eigenvalue weighted by atomic mass is 10.1. The van der Waals surface area contributed by atoms with E-state index >= 15 is 0 Å². The van der Waals surface area contributed by atoms with E-state index in [0.29, 0.717) is 9.92 Å². The van der Waals surface area contributed by atoms with E-state index < -0.39 is 40.0 Å². The lowest BCUT2D eigenvalue weighted by Crippen LogP contribution is -2.39. The van der Waals surface area contributed by atoms with E-state index in [4.69, 9.17) is 11.6 Å². The number of hydrogen-bond acceptors (Lipinski definition) is 3. The number of imide groups is 2. The minimum absolute atomic E-state index is 0.174. The highest BCUT2D eigenvalue weighted by Crippen LogP contribution is 2.31. The minimum Gasteiger partial charge on any atom is -0.270 e. The maximum atomic E-state index is 13.8. The molecule has 1 heterocycles. The molecule has 1 aliphatic heterocycles. The van der Waals surface area contributed by atoms with Gasteiger partial charge < -0.3 is 0 Å². The number of rotatable bonds is 2. The summed E-state index contributed by atoms with van der Waals surface area (Å²) in [5.74, 6) is -4.28. The fourth-order valence-electron chi connectivity index (χ4n) is 2.36. The van der Waals surface area contributed by atoms with Crippen molar-refractivity contribution in [2.24, 2.45) is 0 Å². The van der Waals surface area contributed by atoms with Crippen molar-refractivity contribution in [1.82, 2.24) is 4.90 Å². The van der Waals surface area contributed by atoms with Crippen molar-refractivity contribution in [3.05, 3.63) is 64.7 Å². The molecule has 0 aromatic heterocycles. The maximum Gasteiger partial charge on any atom is 0.339 e. The molecule has 5 nitrogen and oxygen atoms in total. The summed E-state index contributed by atoms with van der Waals surface area (Å²) in [5, 5.41) is 0.389. The first kappa shape index (κ1) is 17.5. The zero-order valence-electron chi connectivity index (χ0n) is 12.2. The average molecular weight is 430 g/mol. The van der Waals surface area contributed by atoms with Crippen molar-refractivity contribution in [3.63, 3.8) is 0 Å². The summed E-state index contributed by atoms with van der Waals surface area (Å²) >= 11 is 8.70. The first-order valence-electron chi connectivity index (χ1n) is 6.88. The van der Waals surface area contributed by atoms with Gasteiger partial charge in [0.15, 0.2) is 4.95 Å². The fraction of sp³-hybridized carbons (Fsp3) is 0.0625. The third-order valence-corrected chi connectivity index (χ3v) is 4.58. The van der Waals surface area contributed by atoms with Gasteiger partial charge in [-0.2, -0.15) is 0 Å². The standard InChI is InChI=1S/C16H8BrClF2N2O3/c17-13-15(24)21(9-6-4-8(18)5-7-9)16(25)22(13)14(23)12-10(19)2-1-3-11(12)20/h1-7,13H. The summed E-state index contributed by atoms with van der Waals surface area (Å²) in [4.78, 5) is 37.2. The molecule has 0 radical (unpaired) electrons. The van der Waals surface area contributed by atoms with Crippen LogP contribution in [-0.2, 0) is 4.79 Å². The van der Waals surface area contributed by atoms with Crippen molar-refractivity contribution in [2.45, 2.75) is 4.95 Å². The van der Waals surface area contributed by atoms with Gasteiger partial charge in [0.25, 0.3) is 11.8 Å². The van der Waals surface area contributed by atoms with Gasteiger partial charge in [0.1, 0.15) is 17.2 Å². The van der Waals surface area contributed by atoms with Crippen LogP contribution < -0.4 is 4.90 Å². The molecule has 0 aliphatic carbocycles. The number of hydrogen-bond donors (Lipinski definition) is 0. The highest BCUT2D eigenvalue weighted by Gasteiger charge is 2.49. The molecule has 3 rings (SSSR count). The van der Waals surface area contributed by atoms with E-state index in [1.807, 2.05) is 0 Å². The molecular weight excluding hydrogens is 422 g/mol. The van der Waals surface area contributed by atoms with Crippen LogP contribution in [0.4, 0.5) is 19.3 Å². The smallest absolute Gasteiger partial charge is 0.270 e. The van der Waals surface area contributed by atoms with E-state index in [1.54, 1.807) is 0 Å². The van der Waals surface area contributed by atoms with E-state index in [1.165, 1.54) is 24.3 Å². The molecule has 4 amide bonds. The molecule has 25 heavy (non-hydrogen) atoms. The number of urea groups is 1. The zero-order chi connectivity index (χ0) is 18.3. The van der Waals surface area contributed by atoms with Gasteiger partial charge in [0, 0.05) is 5.02 Å². The summed E-state index contributed by atoms with van der Waals surface area (Å²) < 4.78 is 27.7. The Labute approximate surface area is 153 Å². The van der Waals surface area contributed by atoms with Crippen LogP contribution in [0.2, 0.25) is 5.02 Å². The van der Waals surface area contributed by atoms with Crippen LogP contribution in [0.25, 0.3) is 0 Å². The minimum atomic E-state index is -1.39. The van der Waals surface area contributed by atoms with E-state index in [0.717, 1.165) is 23.1 Å². The van der Waals surface area contributed by atoms with Gasteiger partial charge in [-0.15, -0.1) is 0 Å². The van der Waals surface area contributed by atoms with Crippen molar-refractivity contribution >= 4 is 51.1 Å². The molecule has 0 spiro atoms. The van der Waals surface area contributed by atoms with Crippen LogP contribution in [0, 0.1) is 11.6 Å². The lowest BCUT2D eigenvalue weighted by Gasteiger charge is -2.17. The molecule has 2 aromatic carbocycles. The highest BCUT2D eigenvalue weighted by atomic mass is 79.9. The van der Waals surface area contributed by atoms with Gasteiger partial charge in [-0.1, -0.05) is 33.6 Å². The molecule has 0 bridgehead atoms. The van der Waals surface area contributed by atoms with Gasteiger partial charge in [-0.05, 0) is 36.4 Å². The molecule has 128 valence electrons. The molecule has 1 unspecified atom stereocenters. The largest absolute Gasteiger partial charge is 0.339 e. The predicted octanol–water partition coefficient (Wildman–Crippen LogP) is 3.95. The second kappa shape index (κ2) is 6.53. The number of carbonyl (C=O) groups is 3. The normalized spacial score (nSPS) is 17.4. The molecule has 1 atom stereocenters. The zero-order valence-corrected chi connectivity index (χ0v) is 14.6. The molecule has 0 N–H and O–H groups in total. The van der Waals surface area contributed by atoms with Gasteiger partial charge in [0.2, 0.25) is 0 Å². The summed E-state index contributed by atoms with van der Waals surface area (Å²) in [6, 6.07) is 7.58. The third-order valence-electron chi connectivity index (χ3n) is 3.53. The van der Waals surface area contributed by atoms with Crippen molar-refractivity contribution in [3.8, 4) is 0 Å². The van der Waals surface area contributed by atoms with Crippen LogP contribution in [0.1, 0.15) is 10.4 Å². The molecule has 1 fully saturated rings. The monoisotopic (exact) mass is 428 g/mol. The van der Waals surface area contributed by atoms with E-state index in [9.17, 15) is 23.2 Å². The molecule has 1 saturated heterocycles. The Morgan fingerprint density at radius 2 is 1.60 bits per heavy atom. The number of halogens is 4. The van der Waals surface area contributed by atoms with Crippen LogP contribution in [0.5, 0.6) is 0 Å². The van der Waals surface area contributed by atoms with Gasteiger partial charge in [0.05, 0.1) is 5.69 Å². The van der Waals surface area contributed by atoms with Crippen LogP contribution >= 0.6 is 27.5 Å². The number of carbonyl (C=O) groups excluding carboxylic acids is 3. The van der Waals surface area contributed by atoms with Gasteiger partial charge >= 0.3 is 6.03 Å². The Kier molecular flexibility index (Phi) is 4.57. The average Bonchev–Trinajstić information content (AvgIpc) is 2.78. The molecule has 0 saturated carbocycles. The number of anilines is 1. The first-order chi connectivity index (χ1) is 11.8. The summed E-state index contributed by atoms with van der Waals surface area (Å²) in [6.45, 7) is 0. The second-order valence-corrected chi connectivity index (χ2v) is 6.34. The molecule has 1 aliphatic rings. The Hall–Kier alpha value is -2.32. The Balaban J connectivity index is 2.01. The first-order valence-corrected chi connectivity index (χ1v) is 8.17. The number of amides is 4. The summed E-state index contributed by atoms with van der Waals surface area (Å²) in [6.07, 6.45) is 0. The van der Waals surface area contributed by atoms with E-state index in [2.05, 4.69) is 15.9 Å². The summed E-state index contributed by atoms with van der Waals surface area (Å²) in [5.41, 5.74) is -0.737. The van der Waals surface area contributed by atoms with Crippen LogP contribution in [0.3, 0.4) is 0 Å².